The summed E-state index contributed by atoms with van der Waals surface area (Å²) in [4.78, 5) is 11.5. The van der Waals surface area contributed by atoms with Crippen LogP contribution < -0.4 is 0 Å². The van der Waals surface area contributed by atoms with Crippen molar-refractivity contribution in [2.45, 2.75) is 39.0 Å². The van der Waals surface area contributed by atoms with Crippen LogP contribution >= 0.6 is 0 Å². The number of ketones is 1. The molecule has 2 rings (SSSR count). The van der Waals surface area contributed by atoms with Crippen molar-refractivity contribution in [2.75, 3.05) is 0 Å². The van der Waals surface area contributed by atoms with E-state index in [0.29, 0.717) is 17.6 Å². The highest BCUT2D eigenvalue weighted by atomic mass is 16.1. The first kappa shape index (κ1) is 10.4. The van der Waals surface area contributed by atoms with Crippen molar-refractivity contribution in [1.29, 1.82) is 0 Å². The molecule has 0 saturated heterocycles. The van der Waals surface area contributed by atoms with Gasteiger partial charge < -0.3 is 0 Å². The lowest BCUT2D eigenvalue weighted by Gasteiger charge is -2.29. The van der Waals surface area contributed by atoms with E-state index < -0.39 is 0 Å². The maximum absolute atomic E-state index is 11.5. The van der Waals surface area contributed by atoms with Gasteiger partial charge in [0.1, 0.15) is 5.78 Å². The summed E-state index contributed by atoms with van der Waals surface area (Å²) in [5, 5.41) is 0. The number of hydrogen-bond acceptors (Lipinski definition) is 1. The predicted molar refractivity (Wildman–Crippen MR) is 61.9 cm³/mol. The van der Waals surface area contributed by atoms with Crippen molar-refractivity contribution in [2.24, 2.45) is 5.92 Å². The summed E-state index contributed by atoms with van der Waals surface area (Å²) in [6.45, 7) is 4.41. The van der Waals surface area contributed by atoms with Crippen LogP contribution in [0.3, 0.4) is 0 Å². The minimum atomic E-state index is 0.432. The number of carbonyl (C=O) groups excluding carboxylic acids is 1. The van der Waals surface area contributed by atoms with Gasteiger partial charge in [-0.2, -0.15) is 0 Å². The summed E-state index contributed by atoms with van der Waals surface area (Å²) in [5.41, 5.74) is 2.70. The van der Waals surface area contributed by atoms with Gasteiger partial charge in [-0.05, 0) is 36.3 Å². The van der Waals surface area contributed by atoms with Gasteiger partial charge in [-0.1, -0.05) is 31.2 Å². The number of aryl methyl sites for hydroxylation is 1. The van der Waals surface area contributed by atoms with Crippen LogP contribution in [0.1, 0.15) is 43.2 Å². The van der Waals surface area contributed by atoms with Crippen LogP contribution in [0.4, 0.5) is 0 Å². The van der Waals surface area contributed by atoms with E-state index >= 15 is 0 Å². The Kier molecular flexibility index (Phi) is 2.90. The molecule has 0 heterocycles. The Labute approximate surface area is 91.5 Å². The molecule has 15 heavy (non-hydrogen) atoms. The molecule has 0 amide bonds. The highest BCUT2D eigenvalue weighted by Crippen LogP contribution is 2.37. The van der Waals surface area contributed by atoms with Crippen LogP contribution in [-0.2, 0) is 4.79 Å². The summed E-state index contributed by atoms with van der Waals surface area (Å²) in [5.74, 6) is 1.53. The molecule has 0 bridgehead atoms. The van der Waals surface area contributed by atoms with Gasteiger partial charge in [0, 0.05) is 12.8 Å². The van der Waals surface area contributed by atoms with Crippen molar-refractivity contribution in [3.05, 3.63) is 35.4 Å². The van der Waals surface area contributed by atoms with E-state index in [1.807, 2.05) is 0 Å². The van der Waals surface area contributed by atoms with Crippen molar-refractivity contribution in [1.82, 2.24) is 0 Å². The van der Waals surface area contributed by atoms with Crippen LogP contribution in [0.5, 0.6) is 0 Å². The van der Waals surface area contributed by atoms with Crippen molar-refractivity contribution < 1.29 is 4.79 Å². The van der Waals surface area contributed by atoms with Crippen molar-refractivity contribution in [3.8, 4) is 0 Å². The van der Waals surface area contributed by atoms with Gasteiger partial charge in [-0.25, -0.2) is 0 Å². The monoisotopic (exact) mass is 202 g/mol. The zero-order valence-electron chi connectivity index (χ0n) is 9.49. The largest absolute Gasteiger partial charge is 0.300 e. The average Bonchev–Trinajstić information content (AvgIpc) is 2.23. The maximum atomic E-state index is 11.5. The fourth-order valence-electron chi connectivity index (χ4n) is 2.56. The normalized spacial score (nSPS) is 26.7. The SMILES string of the molecule is Cc1ccccc1C1CC(=O)CCC1C. The van der Waals surface area contributed by atoms with Crippen LogP contribution in [0.25, 0.3) is 0 Å². The molecule has 1 aromatic rings. The molecule has 0 aromatic heterocycles. The van der Waals surface area contributed by atoms with E-state index in [1.165, 1.54) is 11.1 Å². The van der Waals surface area contributed by atoms with E-state index in [0.717, 1.165) is 19.3 Å². The Morgan fingerprint density at radius 3 is 2.73 bits per heavy atom. The van der Waals surface area contributed by atoms with Crippen LogP contribution in [0, 0.1) is 12.8 Å². The summed E-state index contributed by atoms with van der Waals surface area (Å²) < 4.78 is 0. The first-order valence-electron chi connectivity index (χ1n) is 5.75. The lowest BCUT2D eigenvalue weighted by atomic mass is 9.75. The third-order valence-corrected chi connectivity index (χ3v) is 3.60. The maximum Gasteiger partial charge on any atom is 0.133 e. The molecule has 1 heteroatoms. The van der Waals surface area contributed by atoms with Crippen molar-refractivity contribution >= 4 is 5.78 Å². The predicted octanol–water partition coefficient (Wildman–Crippen LogP) is 3.47. The fraction of sp³-hybridized carbons (Fsp3) is 0.500. The number of Topliss-reactive ketones (excluding diaryl/α,β-unsaturated/α-hetero) is 1. The fourth-order valence-corrected chi connectivity index (χ4v) is 2.56. The first-order valence-corrected chi connectivity index (χ1v) is 5.75. The highest BCUT2D eigenvalue weighted by Gasteiger charge is 2.27. The van der Waals surface area contributed by atoms with Gasteiger partial charge >= 0.3 is 0 Å². The zero-order chi connectivity index (χ0) is 10.8. The minimum absolute atomic E-state index is 0.432. The van der Waals surface area contributed by atoms with Gasteiger partial charge in [-0.3, -0.25) is 4.79 Å². The van der Waals surface area contributed by atoms with Gasteiger partial charge in [0.25, 0.3) is 0 Å². The molecular formula is C14H18O. The van der Waals surface area contributed by atoms with Crippen LogP contribution in [0.2, 0.25) is 0 Å². The first-order chi connectivity index (χ1) is 7.18. The summed E-state index contributed by atoms with van der Waals surface area (Å²) >= 11 is 0. The molecule has 2 atom stereocenters. The zero-order valence-corrected chi connectivity index (χ0v) is 9.49. The summed E-state index contributed by atoms with van der Waals surface area (Å²) in [6.07, 6.45) is 2.58. The Hall–Kier alpha value is -1.11. The van der Waals surface area contributed by atoms with Gasteiger partial charge in [0.05, 0.1) is 0 Å². The number of hydrogen-bond donors (Lipinski definition) is 0. The smallest absolute Gasteiger partial charge is 0.133 e. The standard InChI is InChI=1S/C14H18O/c1-10-5-3-4-6-13(10)14-9-12(15)8-7-11(14)2/h3-6,11,14H,7-9H2,1-2H3. The molecule has 0 radical (unpaired) electrons. The Morgan fingerprint density at radius 1 is 1.27 bits per heavy atom. The molecular weight excluding hydrogens is 184 g/mol. The highest BCUT2D eigenvalue weighted by molar-refractivity contribution is 5.80. The molecule has 1 aromatic carbocycles. The molecule has 2 unspecified atom stereocenters. The Balaban J connectivity index is 2.29. The topological polar surface area (TPSA) is 17.1 Å². The molecule has 1 saturated carbocycles. The molecule has 1 aliphatic rings. The van der Waals surface area contributed by atoms with Gasteiger partial charge in [-0.15, -0.1) is 0 Å². The van der Waals surface area contributed by atoms with E-state index in [4.69, 9.17) is 0 Å². The van der Waals surface area contributed by atoms with E-state index in [1.54, 1.807) is 0 Å². The second-order valence-corrected chi connectivity index (χ2v) is 4.72. The third-order valence-electron chi connectivity index (χ3n) is 3.60. The lowest BCUT2D eigenvalue weighted by Crippen LogP contribution is -2.21. The second-order valence-electron chi connectivity index (χ2n) is 4.72. The summed E-state index contributed by atoms with van der Waals surface area (Å²) in [6, 6.07) is 8.46. The quantitative estimate of drug-likeness (QED) is 0.681. The van der Waals surface area contributed by atoms with Crippen LogP contribution in [-0.4, -0.2) is 5.78 Å². The third kappa shape index (κ3) is 2.11. The van der Waals surface area contributed by atoms with E-state index in [-0.39, 0.29) is 0 Å². The molecule has 1 aliphatic carbocycles. The molecule has 0 N–H and O–H groups in total. The average molecular weight is 202 g/mol. The van der Waals surface area contributed by atoms with Gasteiger partial charge in [0.15, 0.2) is 0 Å². The second kappa shape index (κ2) is 4.18. The van der Waals surface area contributed by atoms with E-state index in [2.05, 4.69) is 38.1 Å². The molecule has 1 fully saturated rings. The Morgan fingerprint density at radius 2 is 2.00 bits per heavy atom. The molecule has 0 aliphatic heterocycles. The summed E-state index contributed by atoms with van der Waals surface area (Å²) in [7, 11) is 0. The molecule has 0 spiro atoms. The number of carbonyl (C=O) groups is 1. The number of rotatable bonds is 1. The molecule has 80 valence electrons. The van der Waals surface area contributed by atoms with Crippen molar-refractivity contribution in [3.63, 3.8) is 0 Å². The molecule has 1 nitrogen and oxygen atoms in total. The van der Waals surface area contributed by atoms with E-state index in [9.17, 15) is 4.79 Å². The Bertz CT molecular complexity index is 367. The minimum Gasteiger partial charge on any atom is -0.300 e. The van der Waals surface area contributed by atoms with Crippen LogP contribution in [0.15, 0.2) is 24.3 Å². The number of benzene rings is 1. The van der Waals surface area contributed by atoms with Gasteiger partial charge in [0.2, 0.25) is 0 Å². The lowest BCUT2D eigenvalue weighted by molar-refractivity contribution is -0.121.